The van der Waals surface area contributed by atoms with Crippen LogP contribution in [0.5, 0.6) is 0 Å². The molecular weight excluding hydrogens is 865 g/mol. The van der Waals surface area contributed by atoms with E-state index in [2.05, 4.69) is 291 Å². The molecule has 0 saturated carbocycles. The summed E-state index contributed by atoms with van der Waals surface area (Å²) in [7, 11) is 0. The first-order chi connectivity index (χ1) is 35.7. The van der Waals surface area contributed by atoms with E-state index in [9.17, 15) is 0 Å². The van der Waals surface area contributed by atoms with Gasteiger partial charge in [0.2, 0.25) is 0 Å². The Morgan fingerprint density at radius 3 is 0.847 bits per heavy atom. The lowest BCUT2D eigenvalue weighted by Crippen LogP contribution is -1.95. The summed E-state index contributed by atoms with van der Waals surface area (Å²) in [4.78, 5) is 0. The van der Waals surface area contributed by atoms with Gasteiger partial charge in [-0.25, -0.2) is 0 Å². The monoisotopic (exact) mass is 912 g/mol. The van der Waals surface area contributed by atoms with E-state index < -0.39 is 0 Å². The van der Waals surface area contributed by atoms with Gasteiger partial charge in [-0.15, -0.1) is 0 Å². The molecule has 0 aliphatic carbocycles. The van der Waals surface area contributed by atoms with Crippen LogP contribution in [0.25, 0.3) is 122 Å². The molecule has 0 aliphatic heterocycles. The minimum atomic E-state index is 1.16. The Balaban J connectivity index is 1.01. The van der Waals surface area contributed by atoms with Gasteiger partial charge in [0.25, 0.3) is 0 Å². The van der Waals surface area contributed by atoms with E-state index in [1.165, 1.54) is 127 Å². The van der Waals surface area contributed by atoms with E-state index in [-0.39, 0.29) is 0 Å². The molecule has 0 bridgehead atoms. The lowest BCUT2D eigenvalue weighted by Gasteiger charge is -2.22. The molecule has 0 heteroatoms. The van der Waals surface area contributed by atoms with Gasteiger partial charge in [0.15, 0.2) is 0 Å². The van der Waals surface area contributed by atoms with E-state index in [4.69, 9.17) is 0 Å². The molecule has 13 rings (SSSR count). The van der Waals surface area contributed by atoms with E-state index in [1.807, 2.05) is 0 Å². The number of benzene rings is 13. The molecule has 0 aliphatic rings. The summed E-state index contributed by atoms with van der Waals surface area (Å²) in [5.41, 5.74) is 19.3. The average molecular weight is 913 g/mol. The second kappa shape index (κ2) is 18.5. The average Bonchev–Trinajstić information content (AvgIpc) is 3.46. The highest BCUT2D eigenvalue weighted by atomic mass is 14.3. The quantitative estimate of drug-likeness (QED) is 0.1000. The minimum Gasteiger partial charge on any atom is -0.0622 e. The van der Waals surface area contributed by atoms with Gasteiger partial charge >= 0.3 is 0 Å². The maximum atomic E-state index is 2.41. The smallest absolute Gasteiger partial charge is 0.00139 e. The van der Waals surface area contributed by atoms with E-state index in [0.29, 0.717) is 0 Å². The number of hydrogen-bond donors (Lipinski definition) is 0. The second-order valence-corrected chi connectivity index (χ2v) is 18.7. The fourth-order valence-corrected chi connectivity index (χ4v) is 11.1. The molecule has 0 atom stereocenters. The van der Waals surface area contributed by atoms with Crippen LogP contribution in [0.15, 0.2) is 285 Å². The van der Waals surface area contributed by atoms with Crippen LogP contribution in [-0.2, 0) is 0 Å². The van der Waals surface area contributed by atoms with E-state index >= 15 is 0 Å². The maximum absolute atomic E-state index is 2.41. The summed E-state index contributed by atoms with van der Waals surface area (Å²) in [6.45, 7) is 0. The van der Waals surface area contributed by atoms with Crippen LogP contribution in [0.3, 0.4) is 0 Å². The van der Waals surface area contributed by atoms with E-state index in [1.54, 1.807) is 0 Å². The highest BCUT2D eigenvalue weighted by Crippen LogP contribution is 2.51. The number of fused-ring (bicyclic) bond motifs is 4. The third-order valence-electron chi connectivity index (χ3n) is 14.4. The highest BCUT2D eigenvalue weighted by molar-refractivity contribution is 6.30. The number of hydrogen-bond acceptors (Lipinski definition) is 0. The second-order valence-electron chi connectivity index (χ2n) is 18.7. The van der Waals surface area contributed by atoms with Crippen LogP contribution < -0.4 is 0 Å². The molecule has 0 unspecified atom stereocenters. The van der Waals surface area contributed by atoms with Gasteiger partial charge in [0, 0.05) is 0 Å². The normalized spacial score (nSPS) is 11.3. The predicted molar refractivity (Wildman–Crippen MR) is 309 cm³/mol. The third kappa shape index (κ3) is 7.77. The fourth-order valence-electron chi connectivity index (χ4n) is 11.1. The first-order valence-corrected chi connectivity index (χ1v) is 24.9. The molecule has 0 nitrogen and oxygen atoms in total. The zero-order valence-electron chi connectivity index (χ0n) is 39.7. The van der Waals surface area contributed by atoms with Crippen molar-refractivity contribution in [2.24, 2.45) is 0 Å². The van der Waals surface area contributed by atoms with Crippen molar-refractivity contribution in [3.8, 4) is 66.8 Å². The molecular formula is C72H48. The van der Waals surface area contributed by atoms with Crippen LogP contribution in [0, 0.1) is 0 Å². The summed E-state index contributed by atoms with van der Waals surface area (Å²) in [5.74, 6) is 0. The molecule has 0 amide bonds. The van der Waals surface area contributed by atoms with Crippen LogP contribution >= 0.6 is 0 Å². The van der Waals surface area contributed by atoms with Crippen LogP contribution in [-0.4, -0.2) is 0 Å². The minimum absolute atomic E-state index is 1.16. The molecule has 0 heterocycles. The van der Waals surface area contributed by atoms with Gasteiger partial charge < -0.3 is 0 Å². The van der Waals surface area contributed by atoms with Crippen molar-refractivity contribution in [1.29, 1.82) is 0 Å². The first kappa shape index (κ1) is 42.7. The lowest BCUT2D eigenvalue weighted by molar-refractivity contribution is 1.55. The topological polar surface area (TPSA) is 0 Å². The molecule has 13 aromatic carbocycles. The molecule has 0 saturated heterocycles. The SMILES string of the molecule is C(=C(c1ccccc1)c1ccccc1)c1ccc(-c2c3ccccc3c(-c3c4ccccc4c(-c4cc(-c5ccccc5)cc(-c5ccc(-c6ccccc6)cc5)c4)c4ccccc34)c3ccccc23)cc1. The summed E-state index contributed by atoms with van der Waals surface area (Å²) < 4.78 is 0. The largest absolute Gasteiger partial charge is 0.0622 e. The Hall–Kier alpha value is -9.36. The van der Waals surface area contributed by atoms with Gasteiger partial charge in [-0.05, 0) is 156 Å². The molecule has 0 radical (unpaired) electrons. The van der Waals surface area contributed by atoms with Crippen LogP contribution in [0.4, 0.5) is 0 Å². The summed E-state index contributed by atoms with van der Waals surface area (Å²) >= 11 is 0. The predicted octanol–water partition coefficient (Wildman–Crippen LogP) is 19.9. The summed E-state index contributed by atoms with van der Waals surface area (Å²) in [6.07, 6.45) is 2.32. The molecule has 0 fully saturated rings. The molecule has 0 spiro atoms. The van der Waals surface area contributed by atoms with Crippen molar-refractivity contribution in [3.05, 3.63) is 302 Å². The van der Waals surface area contributed by atoms with Crippen molar-refractivity contribution in [1.82, 2.24) is 0 Å². The molecule has 72 heavy (non-hydrogen) atoms. The highest BCUT2D eigenvalue weighted by Gasteiger charge is 2.23. The van der Waals surface area contributed by atoms with Crippen molar-refractivity contribution in [3.63, 3.8) is 0 Å². The van der Waals surface area contributed by atoms with Gasteiger partial charge in [0.05, 0.1) is 0 Å². The number of rotatable bonds is 9. The third-order valence-corrected chi connectivity index (χ3v) is 14.4. The molecule has 13 aromatic rings. The Kier molecular flexibility index (Phi) is 11.0. The maximum Gasteiger partial charge on any atom is -0.00139 e. The molecule has 0 N–H and O–H groups in total. The van der Waals surface area contributed by atoms with Crippen molar-refractivity contribution >= 4 is 54.7 Å². The van der Waals surface area contributed by atoms with Gasteiger partial charge in [-0.1, -0.05) is 267 Å². The molecule has 0 aromatic heterocycles. The van der Waals surface area contributed by atoms with E-state index in [0.717, 1.165) is 5.56 Å². The van der Waals surface area contributed by atoms with Crippen molar-refractivity contribution in [2.45, 2.75) is 0 Å². The molecule has 336 valence electrons. The zero-order valence-corrected chi connectivity index (χ0v) is 39.7. The van der Waals surface area contributed by atoms with Gasteiger partial charge in [-0.2, -0.15) is 0 Å². The zero-order chi connectivity index (χ0) is 47.8. The van der Waals surface area contributed by atoms with Gasteiger partial charge in [0.1, 0.15) is 0 Å². The lowest BCUT2D eigenvalue weighted by atomic mass is 9.80. The Bertz CT molecular complexity index is 3980. The van der Waals surface area contributed by atoms with Crippen LogP contribution in [0.1, 0.15) is 16.7 Å². The summed E-state index contributed by atoms with van der Waals surface area (Å²) in [6, 6.07) is 104. The first-order valence-electron chi connectivity index (χ1n) is 24.9. The van der Waals surface area contributed by atoms with Crippen LogP contribution in [0.2, 0.25) is 0 Å². The Morgan fingerprint density at radius 2 is 0.458 bits per heavy atom. The van der Waals surface area contributed by atoms with Crippen molar-refractivity contribution < 1.29 is 0 Å². The van der Waals surface area contributed by atoms with Crippen molar-refractivity contribution in [2.75, 3.05) is 0 Å². The standard InChI is InChI=1S/C72H48/c1-5-21-50(22-6-1)52-41-43-53(44-42-52)58-46-57(51-23-7-2-8-24-51)47-59(48-58)70-62-31-15-19-35-66(62)72(67-36-20-16-32-63(67)70)71-64-33-17-13-29-60(64)69(61-30-14-18-34-65(61)71)56-39-37-49(38-40-56)45-68(54-25-9-3-10-26-54)55-27-11-4-12-28-55/h1-48H. The summed E-state index contributed by atoms with van der Waals surface area (Å²) in [5, 5.41) is 9.87. The Labute approximate surface area is 421 Å². The Morgan fingerprint density at radius 1 is 0.194 bits per heavy atom. The fraction of sp³-hybridized carbons (Fsp3) is 0. The van der Waals surface area contributed by atoms with Gasteiger partial charge in [-0.3, -0.25) is 0 Å².